The molecule has 0 saturated carbocycles. The molecule has 4 aromatic rings. The second kappa shape index (κ2) is 21.7. The maximum Gasteiger partial charge on any atom is 0.412 e. The number of nitrogens with two attached hydrogens (primary N) is 2. The normalized spacial score (nSPS) is 12.1. The summed E-state index contributed by atoms with van der Waals surface area (Å²) in [5, 5.41) is 16.7. The summed E-state index contributed by atoms with van der Waals surface area (Å²) in [6.45, 7) is 3.47. The standard InChI is InChI=1S/C36H46N8O7/c37-31(15-16-40-36(47)51-30-13-11-27(12-14-30)25-32(34(38)45)41-29-9-5-2-6-10-29)35(46)39-17-19-48-21-23-50-24-22-49-20-18-44-26-33(42-43-44)28-7-3-1-4-8-28/h1-14,26,31-32,41H,15-25,37H2,(H2,38,45)(H,39,46)(H,40,47)/t31-,32-/m0/s1. The van der Waals surface area contributed by atoms with Crippen molar-refractivity contribution < 1.29 is 33.3 Å². The summed E-state index contributed by atoms with van der Waals surface area (Å²) in [5.41, 5.74) is 15.0. The van der Waals surface area contributed by atoms with Crippen molar-refractivity contribution >= 4 is 23.6 Å². The Morgan fingerprint density at radius 2 is 1.41 bits per heavy atom. The van der Waals surface area contributed by atoms with Gasteiger partial charge in [-0.05, 0) is 36.2 Å². The Morgan fingerprint density at radius 1 is 0.765 bits per heavy atom. The number of primary amides is 1. The van der Waals surface area contributed by atoms with E-state index in [4.69, 9.17) is 30.4 Å². The van der Waals surface area contributed by atoms with Crippen LogP contribution in [0.4, 0.5) is 10.5 Å². The van der Waals surface area contributed by atoms with E-state index in [1.165, 1.54) is 0 Å². The number of ether oxygens (including phenoxy) is 4. The third-order valence-electron chi connectivity index (χ3n) is 7.46. The Kier molecular flexibility index (Phi) is 16.3. The smallest absolute Gasteiger partial charge is 0.410 e. The number of nitrogens with one attached hydrogen (secondary N) is 3. The lowest BCUT2D eigenvalue weighted by atomic mass is 10.0. The van der Waals surface area contributed by atoms with Gasteiger partial charge in [0.15, 0.2) is 0 Å². The average molecular weight is 703 g/mol. The third-order valence-corrected chi connectivity index (χ3v) is 7.46. The second-order valence-corrected chi connectivity index (χ2v) is 11.4. The molecule has 0 bridgehead atoms. The number of anilines is 1. The zero-order chi connectivity index (χ0) is 36.1. The van der Waals surface area contributed by atoms with Crippen LogP contribution < -0.4 is 32.2 Å². The van der Waals surface area contributed by atoms with Gasteiger partial charge in [-0.1, -0.05) is 65.9 Å². The number of hydrogen-bond donors (Lipinski definition) is 5. The molecule has 0 unspecified atom stereocenters. The molecule has 0 saturated heterocycles. The highest BCUT2D eigenvalue weighted by atomic mass is 16.6. The first kappa shape index (κ1) is 38.5. The summed E-state index contributed by atoms with van der Waals surface area (Å²) in [5.74, 6) is -0.509. The minimum Gasteiger partial charge on any atom is -0.410 e. The lowest BCUT2D eigenvalue weighted by molar-refractivity contribution is -0.122. The maximum atomic E-state index is 12.3. The summed E-state index contributed by atoms with van der Waals surface area (Å²) in [6, 6.07) is 24.5. The van der Waals surface area contributed by atoms with E-state index in [1.807, 2.05) is 66.9 Å². The van der Waals surface area contributed by atoms with Crippen LogP contribution in [-0.2, 0) is 36.8 Å². The maximum absolute atomic E-state index is 12.3. The molecule has 2 atom stereocenters. The number of carbonyl (C=O) groups is 3. The molecule has 15 nitrogen and oxygen atoms in total. The van der Waals surface area contributed by atoms with Crippen LogP contribution in [0.15, 0.2) is 91.1 Å². The van der Waals surface area contributed by atoms with E-state index in [9.17, 15) is 14.4 Å². The highest BCUT2D eigenvalue weighted by Gasteiger charge is 2.17. The third kappa shape index (κ3) is 14.6. The van der Waals surface area contributed by atoms with E-state index in [2.05, 4.69) is 26.3 Å². The van der Waals surface area contributed by atoms with Gasteiger partial charge >= 0.3 is 6.09 Å². The molecule has 0 aliphatic heterocycles. The molecule has 0 fully saturated rings. The Morgan fingerprint density at radius 3 is 2.10 bits per heavy atom. The van der Waals surface area contributed by atoms with E-state index < -0.39 is 24.1 Å². The minimum atomic E-state index is -0.814. The van der Waals surface area contributed by atoms with Crippen molar-refractivity contribution in [2.24, 2.45) is 11.5 Å². The quantitative estimate of drug-likeness (QED) is 0.0708. The van der Waals surface area contributed by atoms with E-state index in [-0.39, 0.29) is 25.4 Å². The molecule has 15 heteroatoms. The monoisotopic (exact) mass is 702 g/mol. The number of aromatic nitrogens is 3. The van der Waals surface area contributed by atoms with Gasteiger partial charge in [-0.2, -0.15) is 0 Å². The number of nitrogens with zero attached hydrogens (tertiary/aromatic N) is 3. The van der Waals surface area contributed by atoms with Gasteiger partial charge in [0.05, 0.1) is 58.4 Å². The molecule has 4 rings (SSSR count). The first-order chi connectivity index (χ1) is 24.9. The number of carbonyl (C=O) groups excluding carboxylic acids is 3. The topological polar surface area (TPSA) is 207 Å². The van der Waals surface area contributed by atoms with Gasteiger partial charge in [0.25, 0.3) is 0 Å². The van der Waals surface area contributed by atoms with Crippen molar-refractivity contribution in [3.8, 4) is 17.0 Å². The molecule has 272 valence electrons. The van der Waals surface area contributed by atoms with E-state index in [0.29, 0.717) is 58.4 Å². The van der Waals surface area contributed by atoms with Crippen LogP contribution >= 0.6 is 0 Å². The Balaban J connectivity index is 0.962. The molecular weight excluding hydrogens is 656 g/mol. The van der Waals surface area contributed by atoms with Crippen LogP contribution in [0.25, 0.3) is 11.3 Å². The largest absolute Gasteiger partial charge is 0.412 e. The summed E-state index contributed by atoms with van der Waals surface area (Å²) in [6.07, 6.45) is 1.78. The fourth-order valence-electron chi connectivity index (χ4n) is 4.72. The summed E-state index contributed by atoms with van der Waals surface area (Å²) in [4.78, 5) is 36.4. The Labute approximate surface area is 297 Å². The average Bonchev–Trinajstić information content (AvgIpc) is 3.62. The molecule has 7 N–H and O–H groups in total. The summed E-state index contributed by atoms with van der Waals surface area (Å²) < 4.78 is 23.6. The van der Waals surface area contributed by atoms with Gasteiger partial charge < -0.3 is 46.4 Å². The minimum absolute atomic E-state index is 0.143. The van der Waals surface area contributed by atoms with Crippen LogP contribution in [0.1, 0.15) is 12.0 Å². The Bertz CT molecular complexity index is 1610. The van der Waals surface area contributed by atoms with Gasteiger partial charge in [-0.15, -0.1) is 5.10 Å². The van der Waals surface area contributed by atoms with Crippen LogP contribution in [0, 0.1) is 0 Å². The van der Waals surface area contributed by atoms with E-state index in [0.717, 1.165) is 22.5 Å². The Hall–Kier alpha value is -5.35. The van der Waals surface area contributed by atoms with Gasteiger partial charge in [-0.3, -0.25) is 9.59 Å². The molecule has 0 aliphatic rings. The number of amides is 3. The SMILES string of the molecule is NC(=O)[C@H](Cc1ccc(OC(=O)NCC[C@H](N)C(=O)NCCOCCOCCOCCn2cc(-c3ccccc3)nn2)cc1)Nc1ccccc1. The molecule has 0 spiro atoms. The molecule has 0 aliphatic carbocycles. The number of hydrogen-bond acceptors (Lipinski definition) is 11. The lowest BCUT2D eigenvalue weighted by Gasteiger charge is -2.17. The van der Waals surface area contributed by atoms with E-state index >= 15 is 0 Å². The number of rotatable bonds is 23. The second-order valence-electron chi connectivity index (χ2n) is 11.4. The predicted octanol–water partition coefficient (Wildman–Crippen LogP) is 2.13. The molecule has 51 heavy (non-hydrogen) atoms. The fourth-order valence-corrected chi connectivity index (χ4v) is 4.72. The molecule has 3 amide bonds. The highest BCUT2D eigenvalue weighted by Crippen LogP contribution is 2.16. The van der Waals surface area contributed by atoms with Crippen molar-refractivity contribution in [2.45, 2.75) is 31.5 Å². The van der Waals surface area contributed by atoms with E-state index in [1.54, 1.807) is 28.9 Å². The van der Waals surface area contributed by atoms with Gasteiger partial charge in [0.1, 0.15) is 17.5 Å². The van der Waals surface area contributed by atoms with Gasteiger partial charge in [0, 0.05) is 30.8 Å². The number of para-hydroxylation sites is 1. The lowest BCUT2D eigenvalue weighted by Crippen LogP contribution is -2.44. The van der Waals surface area contributed by atoms with Crippen molar-refractivity contribution in [3.63, 3.8) is 0 Å². The van der Waals surface area contributed by atoms with Crippen molar-refractivity contribution in [3.05, 3.63) is 96.7 Å². The van der Waals surface area contributed by atoms with Crippen molar-refractivity contribution in [2.75, 3.05) is 58.0 Å². The van der Waals surface area contributed by atoms with Crippen LogP contribution in [0.2, 0.25) is 0 Å². The van der Waals surface area contributed by atoms with Crippen molar-refractivity contribution in [1.82, 2.24) is 25.6 Å². The molecule has 3 aromatic carbocycles. The van der Waals surface area contributed by atoms with Crippen LogP contribution in [-0.4, -0.2) is 97.7 Å². The molecular formula is C36H46N8O7. The van der Waals surface area contributed by atoms with Gasteiger partial charge in [-0.25, -0.2) is 9.48 Å². The van der Waals surface area contributed by atoms with Crippen LogP contribution in [0.5, 0.6) is 5.75 Å². The molecule has 1 aromatic heterocycles. The zero-order valence-electron chi connectivity index (χ0n) is 28.4. The fraction of sp³-hybridized carbons (Fsp3) is 0.361. The predicted molar refractivity (Wildman–Crippen MR) is 191 cm³/mol. The number of benzene rings is 3. The first-order valence-electron chi connectivity index (χ1n) is 16.7. The molecule has 1 heterocycles. The summed E-state index contributed by atoms with van der Waals surface area (Å²) in [7, 11) is 0. The summed E-state index contributed by atoms with van der Waals surface area (Å²) >= 11 is 0. The molecule has 0 radical (unpaired) electrons. The van der Waals surface area contributed by atoms with Gasteiger partial charge in [0.2, 0.25) is 11.8 Å². The first-order valence-corrected chi connectivity index (χ1v) is 16.7. The van der Waals surface area contributed by atoms with Crippen molar-refractivity contribution in [1.29, 1.82) is 0 Å². The zero-order valence-corrected chi connectivity index (χ0v) is 28.4. The van der Waals surface area contributed by atoms with Crippen LogP contribution in [0.3, 0.4) is 0 Å². The highest BCUT2D eigenvalue weighted by molar-refractivity contribution is 5.83.